The Labute approximate surface area is 151 Å². The molecule has 0 bridgehead atoms. The first-order chi connectivity index (χ1) is 11.6. The number of nitrogens with one attached hydrogen (secondary N) is 1. The van der Waals surface area contributed by atoms with Crippen LogP contribution in [0.4, 0.5) is 0 Å². The number of rotatable bonds is 5. The lowest BCUT2D eigenvalue weighted by molar-refractivity contribution is 0.568. The average molecular weight is 400 g/mol. The second-order valence-electron chi connectivity index (χ2n) is 5.69. The van der Waals surface area contributed by atoms with E-state index in [0.29, 0.717) is 0 Å². The van der Waals surface area contributed by atoms with Gasteiger partial charge in [-0.05, 0) is 48.9 Å². The van der Waals surface area contributed by atoms with Gasteiger partial charge in [-0.2, -0.15) is 0 Å². The molecule has 3 aromatic rings. The van der Waals surface area contributed by atoms with Crippen LogP contribution in [-0.2, 0) is 4.57 Å². The molecule has 122 valence electrons. The number of hydrogen-bond donors (Lipinski definition) is 1. The fourth-order valence-electron chi connectivity index (χ4n) is 2.70. The maximum atomic E-state index is 14.0. The van der Waals surface area contributed by atoms with Crippen molar-refractivity contribution in [3.05, 3.63) is 95.0 Å². The SMILES string of the molecule is C[C@H](NP(=O)(c1ccccc1)c1ccccc1)c1cccc(Br)c1. The van der Waals surface area contributed by atoms with Crippen molar-refractivity contribution >= 4 is 33.8 Å². The highest BCUT2D eigenvalue weighted by Crippen LogP contribution is 2.41. The van der Waals surface area contributed by atoms with Gasteiger partial charge in [-0.15, -0.1) is 0 Å². The van der Waals surface area contributed by atoms with E-state index in [-0.39, 0.29) is 6.04 Å². The molecule has 0 spiro atoms. The van der Waals surface area contributed by atoms with Crippen LogP contribution in [0.3, 0.4) is 0 Å². The van der Waals surface area contributed by atoms with Gasteiger partial charge in [-0.3, -0.25) is 9.65 Å². The molecule has 0 saturated heterocycles. The summed E-state index contributed by atoms with van der Waals surface area (Å²) < 4.78 is 15.0. The Morgan fingerprint density at radius 3 is 1.88 bits per heavy atom. The van der Waals surface area contributed by atoms with E-state index >= 15 is 0 Å². The molecule has 0 heterocycles. The Kier molecular flexibility index (Phi) is 5.35. The summed E-state index contributed by atoms with van der Waals surface area (Å²) in [4.78, 5) is 0. The summed E-state index contributed by atoms with van der Waals surface area (Å²) in [7, 11) is -2.93. The highest BCUT2D eigenvalue weighted by atomic mass is 79.9. The second kappa shape index (κ2) is 7.48. The predicted octanol–water partition coefficient (Wildman–Crippen LogP) is 5.03. The van der Waals surface area contributed by atoms with Gasteiger partial charge >= 0.3 is 0 Å². The van der Waals surface area contributed by atoms with Crippen LogP contribution < -0.4 is 15.7 Å². The first-order valence-corrected chi connectivity index (χ1v) is 10.3. The average Bonchev–Trinajstić information content (AvgIpc) is 2.63. The van der Waals surface area contributed by atoms with Crippen molar-refractivity contribution in [2.24, 2.45) is 0 Å². The van der Waals surface area contributed by atoms with Crippen LogP contribution >= 0.6 is 23.2 Å². The molecule has 1 N–H and O–H groups in total. The van der Waals surface area contributed by atoms with Crippen LogP contribution in [0, 0.1) is 0 Å². The molecular weight excluding hydrogens is 381 g/mol. The van der Waals surface area contributed by atoms with Crippen LogP contribution in [-0.4, -0.2) is 0 Å². The molecule has 3 rings (SSSR count). The third-order valence-corrected chi connectivity index (χ3v) is 7.26. The molecule has 1 atom stereocenters. The molecule has 0 radical (unpaired) electrons. The van der Waals surface area contributed by atoms with Gasteiger partial charge in [0, 0.05) is 21.1 Å². The Morgan fingerprint density at radius 1 is 0.833 bits per heavy atom. The molecule has 4 heteroatoms. The topological polar surface area (TPSA) is 29.1 Å². The monoisotopic (exact) mass is 399 g/mol. The fourth-order valence-corrected chi connectivity index (χ4v) is 5.59. The van der Waals surface area contributed by atoms with E-state index in [1.807, 2.05) is 85.8 Å². The van der Waals surface area contributed by atoms with E-state index in [4.69, 9.17) is 0 Å². The minimum absolute atomic E-state index is 0.0475. The van der Waals surface area contributed by atoms with Gasteiger partial charge < -0.3 is 0 Å². The summed E-state index contributed by atoms with van der Waals surface area (Å²) in [6.07, 6.45) is 0. The number of benzene rings is 3. The Hall–Kier alpha value is -1.67. The summed E-state index contributed by atoms with van der Waals surface area (Å²) in [5.74, 6) is 0. The first kappa shape index (κ1) is 17.2. The molecule has 0 aliphatic rings. The lowest BCUT2D eigenvalue weighted by atomic mass is 10.1. The molecule has 24 heavy (non-hydrogen) atoms. The Morgan fingerprint density at radius 2 is 1.38 bits per heavy atom. The van der Waals surface area contributed by atoms with Crippen molar-refractivity contribution < 1.29 is 4.57 Å². The van der Waals surface area contributed by atoms with E-state index in [9.17, 15) is 4.57 Å². The third kappa shape index (κ3) is 3.70. The highest BCUT2D eigenvalue weighted by Gasteiger charge is 2.29. The van der Waals surface area contributed by atoms with Crippen LogP contribution in [0.5, 0.6) is 0 Å². The Bertz CT molecular complexity index is 808. The van der Waals surface area contributed by atoms with Crippen molar-refractivity contribution in [3.8, 4) is 0 Å². The van der Waals surface area contributed by atoms with Gasteiger partial charge in [0.15, 0.2) is 0 Å². The zero-order chi connectivity index (χ0) is 17.0. The van der Waals surface area contributed by atoms with E-state index in [2.05, 4.69) is 27.1 Å². The summed E-state index contributed by atoms with van der Waals surface area (Å²) in [5, 5.41) is 5.04. The van der Waals surface area contributed by atoms with Crippen molar-refractivity contribution in [1.82, 2.24) is 5.09 Å². The molecule has 0 amide bonds. The van der Waals surface area contributed by atoms with E-state index in [1.165, 1.54) is 0 Å². The minimum Gasteiger partial charge on any atom is -0.297 e. The number of hydrogen-bond acceptors (Lipinski definition) is 1. The van der Waals surface area contributed by atoms with E-state index in [1.54, 1.807) is 0 Å². The van der Waals surface area contributed by atoms with Gasteiger partial charge in [0.25, 0.3) is 0 Å². The third-order valence-electron chi connectivity index (χ3n) is 3.96. The summed E-state index contributed by atoms with van der Waals surface area (Å²) in [5.41, 5.74) is 1.09. The molecule has 3 aromatic carbocycles. The van der Waals surface area contributed by atoms with E-state index < -0.39 is 7.29 Å². The zero-order valence-corrected chi connectivity index (χ0v) is 15.9. The summed E-state index contributed by atoms with van der Waals surface area (Å²) in [6, 6.07) is 27.3. The van der Waals surface area contributed by atoms with Crippen molar-refractivity contribution in [2.75, 3.05) is 0 Å². The Balaban J connectivity index is 2.02. The maximum Gasteiger partial charge on any atom is 0.205 e. The molecule has 0 unspecified atom stereocenters. The quantitative estimate of drug-likeness (QED) is 0.609. The smallest absolute Gasteiger partial charge is 0.205 e. The van der Waals surface area contributed by atoms with Gasteiger partial charge in [0.05, 0.1) is 0 Å². The summed E-state index contributed by atoms with van der Waals surface area (Å²) >= 11 is 3.50. The largest absolute Gasteiger partial charge is 0.297 e. The molecule has 0 aliphatic heterocycles. The van der Waals surface area contributed by atoms with Gasteiger partial charge in [0.2, 0.25) is 7.29 Å². The molecule has 0 aliphatic carbocycles. The predicted molar refractivity (Wildman–Crippen MR) is 105 cm³/mol. The molecular formula is C20H19BrNOP. The van der Waals surface area contributed by atoms with Crippen molar-refractivity contribution in [1.29, 1.82) is 0 Å². The number of halogens is 1. The summed E-state index contributed by atoms with van der Waals surface area (Å²) in [6.45, 7) is 2.04. The first-order valence-electron chi connectivity index (χ1n) is 7.84. The second-order valence-corrected chi connectivity index (χ2v) is 9.11. The lowest BCUT2D eigenvalue weighted by Crippen LogP contribution is -2.29. The lowest BCUT2D eigenvalue weighted by Gasteiger charge is -2.25. The van der Waals surface area contributed by atoms with Crippen LogP contribution in [0.1, 0.15) is 18.5 Å². The zero-order valence-electron chi connectivity index (χ0n) is 13.4. The van der Waals surface area contributed by atoms with Gasteiger partial charge in [-0.1, -0.05) is 64.5 Å². The van der Waals surface area contributed by atoms with Crippen molar-refractivity contribution in [2.45, 2.75) is 13.0 Å². The van der Waals surface area contributed by atoms with Gasteiger partial charge in [-0.25, -0.2) is 0 Å². The van der Waals surface area contributed by atoms with Crippen LogP contribution in [0.2, 0.25) is 0 Å². The molecule has 0 fully saturated rings. The minimum atomic E-state index is -2.93. The van der Waals surface area contributed by atoms with Crippen LogP contribution in [0.25, 0.3) is 0 Å². The highest BCUT2D eigenvalue weighted by molar-refractivity contribution is 9.10. The molecule has 0 aromatic heterocycles. The molecule has 2 nitrogen and oxygen atoms in total. The van der Waals surface area contributed by atoms with Gasteiger partial charge in [0.1, 0.15) is 0 Å². The van der Waals surface area contributed by atoms with Crippen LogP contribution in [0.15, 0.2) is 89.4 Å². The molecule has 0 saturated carbocycles. The van der Waals surface area contributed by atoms with E-state index in [0.717, 1.165) is 20.6 Å². The fraction of sp³-hybridized carbons (Fsp3) is 0.100. The maximum absolute atomic E-state index is 14.0. The normalized spacial score (nSPS) is 12.8. The standard InChI is InChI=1S/C20H19BrNOP/c1-16(17-9-8-10-18(21)15-17)22-24(23,19-11-4-2-5-12-19)20-13-6-3-7-14-20/h2-16H,1H3,(H,22,23)/t16-/m0/s1. The van der Waals surface area contributed by atoms with Crippen molar-refractivity contribution in [3.63, 3.8) is 0 Å².